The van der Waals surface area contributed by atoms with Crippen molar-refractivity contribution in [3.05, 3.63) is 46.0 Å². The van der Waals surface area contributed by atoms with E-state index in [0.717, 1.165) is 44.9 Å². The maximum Gasteiger partial charge on any atom is 0.309 e. The molecule has 0 amide bonds. The molecule has 4 aliphatic carbocycles. The first-order valence-electron chi connectivity index (χ1n) is 15.4. The summed E-state index contributed by atoms with van der Waals surface area (Å²) in [6.07, 6.45) is 13.0. The minimum atomic E-state index is -0.0826. The molecule has 0 heterocycles. The number of esters is 1. The van der Waals surface area contributed by atoms with Crippen molar-refractivity contribution in [3.8, 4) is 0 Å². The van der Waals surface area contributed by atoms with Gasteiger partial charge in [-0.2, -0.15) is 0 Å². The highest BCUT2D eigenvalue weighted by molar-refractivity contribution is 5.79. The number of fused-ring (bicyclic) bond motifs is 5. The lowest BCUT2D eigenvalue weighted by molar-refractivity contribution is -0.156. The van der Waals surface area contributed by atoms with E-state index in [-0.39, 0.29) is 34.7 Å². The average Bonchev–Trinajstić information content (AvgIpc) is 3.21. The number of aryl methyl sites for hydroxylation is 3. The molecule has 3 fully saturated rings. The van der Waals surface area contributed by atoms with E-state index in [1.165, 1.54) is 41.5 Å². The number of Topliss-reactive ketones (excluding diaryl/α,β-unsaturated/α-hetero) is 1. The molecule has 5 rings (SSSR count). The highest BCUT2D eigenvalue weighted by atomic mass is 16.5. The lowest BCUT2D eigenvalue weighted by Crippen LogP contribution is -2.51. The van der Waals surface area contributed by atoms with Crippen molar-refractivity contribution < 1.29 is 14.3 Å². The van der Waals surface area contributed by atoms with Gasteiger partial charge in [0.05, 0.1) is 5.92 Å². The van der Waals surface area contributed by atoms with E-state index in [0.29, 0.717) is 23.5 Å². The number of carbonyl (C=O) groups excluding carboxylic acids is 2. The van der Waals surface area contributed by atoms with E-state index in [1.807, 2.05) is 6.92 Å². The monoisotopic (exact) mass is 518 g/mol. The van der Waals surface area contributed by atoms with Crippen LogP contribution in [0.4, 0.5) is 0 Å². The fraction of sp³-hybridized carbons (Fsp3) is 0.714. The second-order valence-corrected chi connectivity index (χ2v) is 14.0. The first-order valence-corrected chi connectivity index (χ1v) is 15.4. The maximum atomic E-state index is 13.4. The quantitative estimate of drug-likeness (QED) is 0.281. The smallest absolute Gasteiger partial charge is 0.309 e. The van der Waals surface area contributed by atoms with E-state index in [4.69, 9.17) is 4.74 Å². The number of allylic oxidation sites excluding steroid dienone is 1. The lowest BCUT2D eigenvalue weighted by atomic mass is 9.47. The summed E-state index contributed by atoms with van der Waals surface area (Å²) in [5.74, 6) is 2.67. The van der Waals surface area contributed by atoms with Crippen LogP contribution in [-0.2, 0) is 20.7 Å². The van der Waals surface area contributed by atoms with E-state index < -0.39 is 0 Å². The van der Waals surface area contributed by atoms with Crippen molar-refractivity contribution >= 4 is 11.8 Å². The number of ketones is 1. The van der Waals surface area contributed by atoms with E-state index in [9.17, 15) is 9.59 Å². The summed E-state index contributed by atoms with van der Waals surface area (Å²) in [5.41, 5.74) is 7.12. The Morgan fingerprint density at radius 2 is 1.71 bits per heavy atom. The second kappa shape index (κ2) is 10.3. The van der Waals surface area contributed by atoms with Crippen molar-refractivity contribution in [2.24, 2.45) is 40.4 Å². The van der Waals surface area contributed by atoms with Gasteiger partial charge in [0.15, 0.2) is 0 Å². The molecule has 4 unspecified atom stereocenters. The fourth-order valence-corrected chi connectivity index (χ4v) is 9.83. The first kappa shape index (κ1) is 27.7. The zero-order valence-electron chi connectivity index (χ0n) is 25.0. The third-order valence-corrected chi connectivity index (χ3v) is 11.9. The minimum Gasteiger partial charge on any atom is -0.462 e. The Kier molecular flexibility index (Phi) is 7.46. The number of ether oxygens (including phenoxy) is 1. The third-order valence-electron chi connectivity index (χ3n) is 11.9. The zero-order chi connectivity index (χ0) is 27.4. The molecule has 3 heteroatoms. The highest BCUT2D eigenvalue weighted by Gasteiger charge is 2.59. The fourth-order valence-electron chi connectivity index (χ4n) is 9.83. The molecular weight excluding hydrogens is 468 g/mol. The van der Waals surface area contributed by atoms with Gasteiger partial charge in [0.25, 0.3) is 0 Å². The number of benzene rings is 1. The lowest BCUT2D eigenvalue weighted by Gasteiger charge is -2.58. The van der Waals surface area contributed by atoms with Gasteiger partial charge >= 0.3 is 5.97 Å². The standard InChI is InChI=1S/C35H50O3/c1-8-25(19-29-22(3)17-21(2)18-23(29)4)33(37)38-27-13-15-34(6)26(20-27)9-10-28-31-12-11-30(24(5)36)35(31,7)16-14-32(28)34/h9,17-18,25,27-28,30-32H,8,10-16,19-20H2,1-7H3/t25?,27-,28?,30+,31?,32?,34-,35+/m0/s1. The van der Waals surface area contributed by atoms with Gasteiger partial charge in [-0.15, -0.1) is 0 Å². The average molecular weight is 519 g/mol. The Morgan fingerprint density at radius 3 is 2.37 bits per heavy atom. The summed E-state index contributed by atoms with van der Waals surface area (Å²) in [5, 5.41) is 0. The van der Waals surface area contributed by atoms with E-state index >= 15 is 0 Å². The van der Waals surface area contributed by atoms with Gasteiger partial charge in [-0.3, -0.25) is 9.59 Å². The van der Waals surface area contributed by atoms with Gasteiger partial charge < -0.3 is 4.74 Å². The van der Waals surface area contributed by atoms with Crippen LogP contribution in [0.25, 0.3) is 0 Å². The van der Waals surface area contributed by atoms with Crippen LogP contribution in [-0.4, -0.2) is 17.9 Å². The molecule has 3 saturated carbocycles. The van der Waals surface area contributed by atoms with Gasteiger partial charge in [-0.25, -0.2) is 0 Å². The van der Waals surface area contributed by atoms with Crippen LogP contribution >= 0.6 is 0 Å². The van der Waals surface area contributed by atoms with Crippen LogP contribution in [0.3, 0.4) is 0 Å². The largest absolute Gasteiger partial charge is 0.462 e. The Morgan fingerprint density at radius 1 is 1.00 bits per heavy atom. The molecule has 0 radical (unpaired) electrons. The number of hydrogen-bond donors (Lipinski definition) is 0. The Hall–Kier alpha value is -1.90. The van der Waals surface area contributed by atoms with E-state index in [1.54, 1.807) is 5.57 Å². The highest BCUT2D eigenvalue weighted by Crippen LogP contribution is 2.66. The van der Waals surface area contributed by atoms with Crippen LogP contribution in [0.15, 0.2) is 23.8 Å². The first-order chi connectivity index (χ1) is 18.0. The van der Waals surface area contributed by atoms with Gasteiger partial charge in [-0.05, 0) is 131 Å². The number of hydrogen-bond acceptors (Lipinski definition) is 3. The zero-order valence-corrected chi connectivity index (χ0v) is 25.0. The maximum absolute atomic E-state index is 13.4. The van der Waals surface area contributed by atoms with E-state index in [2.05, 4.69) is 59.8 Å². The van der Waals surface area contributed by atoms with Crippen LogP contribution in [0.5, 0.6) is 0 Å². The topological polar surface area (TPSA) is 43.4 Å². The summed E-state index contributed by atoms with van der Waals surface area (Å²) in [6, 6.07) is 4.45. The molecule has 0 bridgehead atoms. The molecule has 0 aromatic heterocycles. The molecule has 4 aliphatic rings. The third kappa shape index (κ3) is 4.60. The molecule has 0 aliphatic heterocycles. The SMILES string of the molecule is CCC(Cc1c(C)cc(C)cc1C)C(=O)O[C@H]1CC[C@@]2(C)C(=CCC3C2CC[C@@]2(C)C3CC[C@@H]2C(C)=O)C1. The number of carbonyl (C=O) groups is 2. The van der Waals surface area contributed by atoms with Crippen LogP contribution in [0, 0.1) is 61.2 Å². The summed E-state index contributed by atoms with van der Waals surface area (Å²) in [6.45, 7) is 15.3. The molecule has 208 valence electrons. The van der Waals surface area contributed by atoms with Gasteiger partial charge in [0.1, 0.15) is 11.9 Å². The predicted molar refractivity (Wildman–Crippen MR) is 154 cm³/mol. The van der Waals surface area contributed by atoms with Gasteiger partial charge in [0, 0.05) is 12.3 Å². The second-order valence-electron chi connectivity index (χ2n) is 14.0. The van der Waals surface area contributed by atoms with Crippen molar-refractivity contribution in [1.29, 1.82) is 0 Å². The molecule has 1 aromatic carbocycles. The summed E-state index contributed by atoms with van der Waals surface area (Å²) < 4.78 is 6.26. The number of rotatable bonds is 6. The molecule has 8 atom stereocenters. The van der Waals surface area contributed by atoms with Crippen molar-refractivity contribution in [3.63, 3.8) is 0 Å². The molecule has 0 spiro atoms. The summed E-state index contributed by atoms with van der Waals surface area (Å²) in [7, 11) is 0. The van der Waals surface area contributed by atoms with Gasteiger partial charge in [-0.1, -0.05) is 50.1 Å². The molecular formula is C35H50O3. The molecule has 0 saturated heterocycles. The minimum absolute atomic E-state index is 0.00932. The molecule has 38 heavy (non-hydrogen) atoms. The van der Waals surface area contributed by atoms with Crippen LogP contribution in [0.2, 0.25) is 0 Å². The van der Waals surface area contributed by atoms with Crippen LogP contribution < -0.4 is 0 Å². The Labute approximate surface area is 231 Å². The Bertz CT molecular complexity index is 1110. The molecule has 0 N–H and O–H groups in total. The van der Waals surface area contributed by atoms with Crippen molar-refractivity contribution in [1.82, 2.24) is 0 Å². The summed E-state index contributed by atoms with van der Waals surface area (Å²) >= 11 is 0. The molecule has 3 nitrogen and oxygen atoms in total. The normalized spacial score (nSPS) is 36.9. The summed E-state index contributed by atoms with van der Waals surface area (Å²) in [4.78, 5) is 25.8. The Balaban J connectivity index is 1.26. The van der Waals surface area contributed by atoms with Crippen LogP contribution in [0.1, 0.15) is 108 Å². The molecule has 1 aromatic rings. The van der Waals surface area contributed by atoms with Gasteiger partial charge in [0.2, 0.25) is 0 Å². The van der Waals surface area contributed by atoms with Crippen molar-refractivity contribution in [2.75, 3.05) is 0 Å². The predicted octanol–water partition coefficient (Wildman–Crippen LogP) is 8.26. The van der Waals surface area contributed by atoms with Crippen molar-refractivity contribution in [2.45, 2.75) is 119 Å².